The third-order valence-corrected chi connectivity index (χ3v) is 2.92. The van der Waals surface area contributed by atoms with Crippen molar-refractivity contribution in [2.24, 2.45) is 0 Å². The summed E-state index contributed by atoms with van der Waals surface area (Å²) in [4.78, 5) is 2.27. The smallest absolute Gasteiger partial charge is 0.0492 e. The molecule has 0 spiro atoms. The molecule has 0 amide bonds. The normalized spacial score (nSPS) is 13.5. The van der Waals surface area contributed by atoms with Gasteiger partial charge in [-0.3, -0.25) is 0 Å². The van der Waals surface area contributed by atoms with Crippen molar-refractivity contribution in [3.63, 3.8) is 0 Å². The van der Waals surface area contributed by atoms with Crippen LogP contribution in [-0.2, 0) is 0 Å². The zero-order valence-electron chi connectivity index (χ0n) is 8.70. The van der Waals surface area contributed by atoms with Crippen LogP contribution in [0.3, 0.4) is 0 Å². The van der Waals surface area contributed by atoms with Gasteiger partial charge in [-0.1, -0.05) is 24.3 Å². The minimum Gasteiger partial charge on any atom is -0.348 e. The van der Waals surface area contributed by atoms with E-state index in [1.165, 1.54) is 22.0 Å². The first-order valence-electron chi connectivity index (χ1n) is 5.28. The van der Waals surface area contributed by atoms with Crippen molar-refractivity contribution in [3.8, 4) is 0 Å². The summed E-state index contributed by atoms with van der Waals surface area (Å²) < 4.78 is 0. The van der Waals surface area contributed by atoms with Gasteiger partial charge in [-0.2, -0.15) is 0 Å². The van der Waals surface area contributed by atoms with Crippen molar-refractivity contribution in [2.45, 2.75) is 6.92 Å². The molecule has 3 rings (SSSR count). The Morgan fingerprint density at radius 3 is 3.07 bits per heavy atom. The number of hydrogen-bond acceptors (Lipinski definition) is 1. The summed E-state index contributed by atoms with van der Waals surface area (Å²) in [5, 5.41) is 2.62. The fourth-order valence-electron chi connectivity index (χ4n) is 2.17. The Kier molecular flexibility index (Phi) is 1.78. The highest BCUT2D eigenvalue weighted by atomic mass is 15.1. The molecule has 1 radical (unpaired) electrons. The third kappa shape index (κ3) is 1.16. The van der Waals surface area contributed by atoms with Crippen LogP contribution in [0.4, 0.5) is 5.69 Å². The van der Waals surface area contributed by atoms with Crippen LogP contribution in [0.15, 0.2) is 36.5 Å². The van der Waals surface area contributed by atoms with E-state index in [0.29, 0.717) is 0 Å². The van der Waals surface area contributed by atoms with Crippen LogP contribution in [0.2, 0.25) is 0 Å². The van der Waals surface area contributed by atoms with Gasteiger partial charge in [0.1, 0.15) is 0 Å². The first kappa shape index (κ1) is 8.54. The van der Waals surface area contributed by atoms with Gasteiger partial charge in [0.25, 0.3) is 0 Å². The Balaban J connectivity index is 2.41. The molecule has 0 fully saturated rings. The summed E-state index contributed by atoms with van der Waals surface area (Å²) in [6, 6.07) is 13.8. The van der Waals surface area contributed by atoms with E-state index in [9.17, 15) is 0 Å². The van der Waals surface area contributed by atoms with Gasteiger partial charge in [-0.05, 0) is 36.1 Å². The van der Waals surface area contributed by atoms with E-state index in [-0.39, 0.29) is 0 Å². The minimum absolute atomic E-state index is 1.00. The zero-order chi connectivity index (χ0) is 10.3. The van der Waals surface area contributed by atoms with Crippen molar-refractivity contribution in [3.05, 3.63) is 48.2 Å². The minimum atomic E-state index is 1.00. The average molecular weight is 194 g/mol. The first-order valence-corrected chi connectivity index (χ1v) is 5.28. The Labute approximate surface area is 89.6 Å². The molecule has 0 aliphatic carbocycles. The Hall–Kier alpha value is -1.76. The lowest BCUT2D eigenvalue weighted by Crippen LogP contribution is -2.17. The van der Waals surface area contributed by atoms with E-state index in [4.69, 9.17) is 0 Å². The zero-order valence-corrected chi connectivity index (χ0v) is 8.70. The van der Waals surface area contributed by atoms with E-state index in [0.717, 1.165) is 6.54 Å². The maximum Gasteiger partial charge on any atom is 0.0492 e. The van der Waals surface area contributed by atoms with Crippen LogP contribution >= 0.6 is 0 Å². The summed E-state index contributed by atoms with van der Waals surface area (Å²) in [6.45, 7) is 3.17. The number of benzene rings is 2. The first-order chi connectivity index (χ1) is 7.40. The van der Waals surface area contributed by atoms with Crippen LogP contribution < -0.4 is 4.90 Å². The molecule has 1 nitrogen and oxygen atoms in total. The lowest BCUT2D eigenvalue weighted by Gasteiger charge is -2.24. The largest absolute Gasteiger partial charge is 0.348 e. The molecule has 0 atom stereocenters. The van der Waals surface area contributed by atoms with Crippen molar-refractivity contribution in [2.75, 3.05) is 11.4 Å². The topological polar surface area (TPSA) is 3.24 Å². The van der Waals surface area contributed by atoms with Gasteiger partial charge in [-0.25, -0.2) is 0 Å². The maximum absolute atomic E-state index is 3.28. The van der Waals surface area contributed by atoms with Gasteiger partial charge in [0.15, 0.2) is 0 Å². The standard InChI is InChI=1S/C14H12N/c1-2-15-10-9-12-6-3-5-11-7-4-8-13(15)14(11)12/h3-5,7-10H,2H2,1H3. The number of nitrogens with zero attached hydrogens (tertiary/aromatic N) is 1. The molecule has 15 heavy (non-hydrogen) atoms. The lowest BCUT2D eigenvalue weighted by molar-refractivity contribution is 1.02. The average Bonchev–Trinajstić information content (AvgIpc) is 2.30. The molecule has 1 aliphatic heterocycles. The molecule has 1 heteroatoms. The van der Waals surface area contributed by atoms with E-state index in [1.54, 1.807) is 0 Å². The lowest BCUT2D eigenvalue weighted by atomic mass is 10.00. The predicted molar refractivity (Wildman–Crippen MR) is 64.8 cm³/mol. The summed E-state index contributed by atoms with van der Waals surface area (Å²) in [5.41, 5.74) is 2.50. The van der Waals surface area contributed by atoms with Crippen molar-refractivity contribution in [1.29, 1.82) is 0 Å². The molecule has 0 saturated carbocycles. The molecule has 0 unspecified atom stereocenters. The van der Waals surface area contributed by atoms with Gasteiger partial charge in [-0.15, -0.1) is 0 Å². The monoisotopic (exact) mass is 194 g/mol. The van der Waals surface area contributed by atoms with Crippen molar-refractivity contribution >= 4 is 22.5 Å². The second kappa shape index (κ2) is 3.13. The molecule has 73 valence electrons. The van der Waals surface area contributed by atoms with E-state index in [1.807, 2.05) is 6.07 Å². The van der Waals surface area contributed by atoms with Crippen LogP contribution in [0, 0.1) is 6.07 Å². The van der Waals surface area contributed by atoms with Gasteiger partial charge in [0.2, 0.25) is 0 Å². The molecule has 2 aromatic rings. The summed E-state index contributed by atoms with van der Waals surface area (Å²) >= 11 is 0. The van der Waals surface area contributed by atoms with E-state index in [2.05, 4.69) is 54.4 Å². The van der Waals surface area contributed by atoms with Gasteiger partial charge >= 0.3 is 0 Å². The van der Waals surface area contributed by atoms with Crippen LogP contribution in [0.5, 0.6) is 0 Å². The van der Waals surface area contributed by atoms with Crippen LogP contribution in [-0.4, -0.2) is 6.54 Å². The second-order valence-corrected chi connectivity index (χ2v) is 3.73. The molecular weight excluding hydrogens is 182 g/mol. The van der Waals surface area contributed by atoms with Gasteiger partial charge in [0, 0.05) is 23.8 Å². The summed E-state index contributed by atoms with van der Waals surface area (Å²) in [6.07, 6.45) is 4.27. The van der Waals surface area contributed by atoms with Crippen LogP contribution in [0.25, 0.3) is 16.8 Å². The Bertz CT molecular complexity index is 535. The molecule has 0 N–H and O–H groups in total. The fraction of sp³-hybridized carbons (Fsp3) is 0.143. The molecule has 2 aromatic carbocycles. The van der Waals surface area contributed by atoms with Gasteiger partial charge in [0.05, 0.1) is 0 Å². The summed E-state index contributed by atoms with van der Waals surface area (Å²) in [5.74, 6) is 0. The Morgan fingerprint density at radius 2 is 2.20 bits per heavy atom. The SMILES string of the molecule is CCN1C=Cc2[c]ccc3cccc1c23. The highest BCUT2D eigenvalue weighted by Gasteiger charge is 2.12. The molecule has 1 aliphatic rings. The van der Waals surface area contributed by atoms with Crippen molar-refractivity contribution in [1.82, 2.24) is 0 Å². The van der Waals surface area contributed by atoms with E-state index >= 15 is 0 Å². The number of rotatable bonds is 1. The number of hydrogen-bond donors (Lipinski definition) is 0. The van der Waals surface area contributed by atoms with Gasteiger partial charge < -0.3 is 4.90 Å². The fourth-order valence-corrected chi connectivity index (χ4v) is 2.17. The third-order valence-electron chi connectivity index (χ3n) is 2.92. The highest BCUT2D eigenvalue weighted by molar-refractivity contribution is 6.02. The summed E-state index contributed by atoms with van der Waals surface area (Å²) in [7, 11) is 0. The second-order valence-electron chi connectivity index (χ2n) is 3.73. The molecule has 0 aromatic heterocycles. The number of anilines is 1. The predicted octanol–water partition coefficient (Wildman–Crippen LogP) is 3.45. The van der Waals surface area contributed by atoms with Crippen molar-refractivity contribution < 1.29 is 0 Å². The molecular formula is C14H12N. The maximum atomic E-state index is 3.28. The highest BCUT2D eigenvalue weighted by Crippen LogP contribution is 2.33. The molecule has 0 bridgehead atoms. The van der Waals surface area contributed by atoms with E-state index < -0.39 is 0 Å². The van der Waals surface area contributed by atoms with Crippen LogP contribution in [0.1, 0.15) is 12.5 Å². The molecule has 1 heterocycles. The Morgan fingerprint density at radius 1 is 1.27 bits per heavy atom. The molecule has 0 saturated heterocycles. The quantitative estimate of drug-likeness (QED) is 0.672.